The minimum atomic E-state index is -0.234. The van der Waals surface area contributed by atoms with Crippen molar-refractivity contribution in [2.75, 3.05) is 6.61 Å². The molecule has 3 nitrogen and oxygen atoms in total. The van der Waals surface area contributed by atoms with Gasteiger partial charge in [-0.3, -0.25) is 0 Å². The molecule has 0 radical (unpaired) electrons. The Labute approximate surface area is 86.2 Å². The molecule has 0 heterocycles. The summed E-state index contributed by atoms with van der Waals surface area (Å²) in [5.41, 5.74) is 0. The molecule has 1 aliphatic carbocycles. The Hall–Kier alpha value is -0.730. The summed E-state index contributed by atoms with van der Waals surface area (Å²) in [6.07, 6.45) is 5.31. The molecule has 0 bridgehead atoms. The van der Waals surface area contributed by atoms with E-state index in [-0.39, 0.29) is 6.09 Å². The molecule has 2 unspecified atom stereocenters. The molecule has 14 heavy (non-hydrogen) atoms. The van der Waals surface area contributed by atoms with E-state index in [0.717, 1.165) is 32.1 Å². The first-order valence-electron chi connectivity index (χ1n) is 5.71. The van der Waals surface area contributed by atoms with Crippen molar-refractivity contribution in [3.63, 3.8) is 0 Å². The summed E-state index contributed by atoms with van der Waals surface area (Å²) in [4.78, 5) is 11.2. The van der Waals surface area contributed by atoms with Crippen LogP contribution in [-0.4, -0.2) is 18.7 Å². The third-order valence-electron chi connectivity index (χ3n) is 2.73. The van der Waals surface area contributed by atoms with E-state index in [1.165, 1.54) is 0 Å². The lowest BCUT2D eigenvalue weighted by Crippen LogP contribution is -2.27. The van der Waals surface area contributed by atoms with E-state index < -0.39 is 0 Å². The Kier molecular flexibility index (Phi) is 4.77. The lowest BCUT2D eigenvalue weighted by molar-refractivity contribution is 0.143. The topological polar surface area (TPSA) is 38.3 Å². The number of unbranched alkanes of at least 4 members (excludes halogenated alkanes) is 2. The maximum atomic E-state index is 11.2. The van der Waals surface area contributed by atoms with Crippen LogP contribution in [0.5, 0.6) is 0 Å². The van der Waals surface area contributed by atoms with Crippen LogP contribution in [0.2, 0.25) is 0 Å². The van der Waals surface area contributed by atoms with Crippen molar-refractivity contribution in [1.82, 2.24) is 5.32 Å². The number of carbonyl (C=O) groups is 1. The van der Waals surface area contributed by atoms with Crippen molar-refractivity contribution in [1.29, 1.82) is 0 Å². The minimum Gasteiger partial charge on any atom is -0.450 e. The second kappa shape index (κ2) is 5.89. The zero-order chi connectivity index (χ0) is 10.4. The molecule has 0 saturated heterocycles. The van der Waals surface area contributed by atoms with Crippen molar-refractivity contribution in [3.8, 4) is 0 Å². The summed E-state index contributed by atoms with van der Waals surface area (Å²) >= 11 is 0. The van der Waals surface area contributed by atoms with E-state index in [2.05, 4.69) is 19.2 Å². The monoisotopic (exact) mass is 199 g/mol. The lowest BCUT2D eigenvalue weighted by atomic mass is 10.3. The van der Waals surface area contributed by atoms with Crippen molar-refractivity contribution in [2.24, 2.45) is 5.92 Å². The van der Waals surface area contributed by atoms with Crippen LogP contribution >= 0.6 is 0 Å². The molecule has 82 valence electrons. The van der Waals surface area contributed by atoms with Gasteiger partial charge >= 0.3 is 6.09 Å². The van der Waals surface area contributed by atoms with E-state index >= 15 is 0 Å². The molecule has 3 heteroatoms. The third kappa shape index (κ3) is 3.99. The van der Waals surface area contributed by atoms with Gasteiger partial charge in [-0.25, -0.2) is 4.79 Å². The van der Waals surface area contributed by atoms with Gasteiger partial charge in [0.2, 0.25) is 0 Å². The van der Waals surface area contributed by atoms with Crippen molar-refractivity contribution < 1.29 is 9.53 Å². The summed E-state index contributed by atoms with van der Waals surface area (Å²) in [7, 11) is 0. The molecule has 0 aliphatic heterocycles. The largest absolute Gasteiger partial charge is 0.450 e. The number of carbonyl (C=O) groups excluding carboxylic acids is 1. The number of ether oxygens (including phenoxy) is 1. The number of alkyl carbamates (subject to hydrolysis) is 1. The highest BCUT2D eigenvalue weighted by Crippen LogP contribution is 2.32. The Morgan fingerprint density at radius 1 is 1.43 bits per heavy atom. The van der Waals surface area contributed by atoms with Gasteiger partial charge in [-0.2, -0.15) is 0 Å². The highest BCUT2D eigenvalue weighted by Gasteiger charge is 2.36. The fourth-order valence-electron chi connectivity index (χ4n) is 1.59. The van der Waals surface area contributed by atoms with Crippen molar-refractivity contribution >= 4 is 6.09 Å². The number of hydrogen-bond donors (Lipinski definition) is 1. The second-order valence-corrected chi connectivity index (χ2v) is 4.00. The molecular formula is C11H21NO2. The third-order valence-corrected chi connectivity index (χ3v) is 2.73. The van der Waals surface area contributed by atoms with Crippen LogP contribution < -0.4 is 5.32 Å². The van der Waals surface area contributed by atoms with Gasteiger partial charge in [-0.15, -0.1) is 0 Å². The second-order valence-electron chi connectivity index (χ2n) is 4.00. The highest BCUT2D eigenvalue weighted by molar-refractivity contribution is 5.68. The van der Waals surface area contributed by atoms with Crippen LogP contribution in [0.3, 0.4) is 0 Å². The SMILES string of the molecule is CCCCCOC(=O)NC1CC1CC. The smallest absolute Gasteiger partial charge is 0.407 e. The molecule has 0 aromatic heterocycles. The van der Waals surface area contributed by atoms with Gasteiger partial charge in [0.15, 0.2) is 0 Å². The Balaban J connectivity index is 1.95. The fourth-order valence-corrected chi connectivity index (χ4v) is 1.59. The van der Waals surface area contributed by atoms with E-state index in [1.54, 1.807) is 0 Å². The van der Waals surface area contributed by atoms with Crippen LogP contribution in [0, 0.1) is 5.92 Å². The van der Waals surface area contributed by atoms with Gasteiger partial charge in [0.05, 0.1) is 6.61 Å². The average Bonchev–Trinajstić information content (AvgIpc) is 2.91. The predicted octanol–water partition coefficient (Wildman–Crippen LogP) is 2.70. The summed E-state index contributed by atoms with van der Waals surface area (Å²) in [5, 5.41) is 2.87. The number of hydrogen-bond acceptors (Lipinski definition) is 2. The van der Waals surface area contributed by atoms with Crippen LogP contribution in [0.25, 0.3) is 0 Å². The molecule has 0 aromatic carbocycles. The predicted molar refractivity (Wildman–Crippen MR) is 56.2 cm³/mol. The molecule has 2 atom stereocenters. The van der Waals surface area contributed by atoms with Gasteiger partial charge in [0, 0.05) is 6.04 Å². The fraction of sp³-hybridized carbons (Fsp3) is 0.909. The van der Waals surface area contributed by atoms with Gasteiger partial charge < -0.3 is 10.1 Å². The molecule has 1 amide bonds. The molecule has 0 aromatic rings. The summed E-state index contributed by atoms with van der Waals surface area (Å²) in [6.45, 7) is 4.85. The first kappa shape index (κ1) is 11.3. The van der Waals surface area contributed by atoms with E-state index in [1.807, 2.05) is 0 Å². The van der Waals surface area contributed by atoms with Crippen LogP contribution in [0.4, 0.5) is 4.79 Å². The summed E-state index contributed by atoms with van der Waals surface area (Å²) in [5.74, 6) is 0.693. The van der Waals surface area contributed by atoms with E-state index in [4.69, 9.17) is 4.74 Å². The number of amides is 1. The summed E-state index contributed by atoms with van der Waals surface area (Å²) < 4.78 is 5.04. The van der Waals surface area contributed by atoms with Crippen molar-refractivity contribution in [3.05, 3.63) is 0 Å². The average molecular weight is 199 g/mol. The Morgan fingerprint density at radius 2 is 2.21 bits per heavy atom. The van der Waals surface area contributed by atoms with Gasteiger partial charge in [0.25, 0.3) is 0 Å². The normalized spacial score (nSPS) is 24.4. The molecule has 1 aliphatic rings. The molecule has 1 fully saturated rings. The van der Waals surface area contributed by atoms with E-state index in [9.17, 15) is 4.79 Å². The highest BCUT2D eigenvalue weighted by atomic mass is 16.5. The molecular weight excluding hydrogens is 178 g/mol. The van der Waals surface area contributed by atoms with Crippen molar-refractivity contribution in [2.45, 2.75) is 52.0 Å². The number of nitrogens with one attached hydrogen (secondary N) is 1. The molecule has 1 rings (SSSR count). The zero-order valence-electron chi connectivity index (χ0n) is 9.21. The van der Waals surface area contributed by atoms with Crippen LogP contribution in [0.1, 0.15) is 46.0 Å². The first-order chi connectivity index (χ1) is 6.77. The maximum Gasteiger partial charge on any atom is 0.407 e. The molecule has 1 N–H and O–H groups in total. The van der Waals surface area contributed by atoms with Gasteiger partial charge in [0.1, 0.15) is 0 Å². The first-order valence-corrected chi connectivity index (χ1v) is 5.71. The number of rotatable bonds is 6. The maximum absolute atomic E-state index is 11.2. The summed E-state index contributed by atoms with van der Waals surface area (Å²) in [6, 6.07) is 0.388. The Morgan fingerprint density at radius 3 is 2.79 bits per heavy atom. The molecule has 0 spiro atoms. The van der Waals surface area contributed by atoms with E-state index in [0.29, 0.717) is 18.6 Å². The standard InChI is InChI=1S/C11H21NO2/c1-3-5-6-7-14-11(13)12-10-8-9(10)4-2/h9-10H,3-8H2,1-2H3,(H,12,13). The Bertz CT molecular complexity index is 182. The van der Waals surface area contributed by atoms with Gasteiger partial charge in [-0.1, -0.05) is 33.1 Å². The molecule has 1 saturated carbocycles. The van der Waals surface area contributed by atoms with Gasteiger partial charge in [-0.05, 0) is 18.8 Å². The van der Waals surface area contributed by atoms with Crippen LogP contribution in [0.15, 0.2) is 0 Å². The lowest BCUT2D eigenvalue weighted by Gasteiger charge is -2.05. The zero-order valence-corrected chi connectivity index (χ0v) is 9.21. The minimum absolute atomic E-state index is 0.234. The quantitative estimate of drug-likeness (QED) is 0.668. The van der Waals surface area contributed by atoms with Crippen LogP contribution in [-0.2, 0) is 4.74 Å².